The third-order valence-electron chi connectivity index (χ3n) is 2.74. The first-order valence-electron chi connectivity index (χ1n) is 5.85. The van der Waals surface area contributed by atoms with Crippen molar-refractivity contribution in [1.29, 1.82) is 0 Å². The Kier molecular flexibility index (Phi) is 5.56. The van der Waals surface area contributed by atoms with E-state index in [0.29, 0.717) is 12.6 Å². The molecule has 0 saturated carbocycles. The van der Waals surface area contributed by atoms with Crippen molar-refractivity contribution in [3.8, 4) is 0 Å². The van der Waals surface area contributed by atoms with E-state index in [4.69, 9.17) is 0 Å². The largest absolute Gasteiger partial charge is 0.314 e. The topological polar surface area (TPSA) is 58.2 Å². The molecule has 90 valence electrons. The van der Waals surface area contributed by atoms with Crippen molar-refractivity contribution in [2.45, 2.75) is 45.1 Å². The summed E-state index contributed by atoms with van der Waals surface area (Å²) < 4.78 is 25.5. The van der Waals surface area contributed by atoms with Gasteiger partial charge in [0.15, 0.2) is 0 Å². The molecule has 5 heteroatoms. The fraction of sp³-hybridized carbons (Fsp3) is 1.00. The van der Waals surface area contributed by atoms with Crippen LogP contribution in [0.4, 0.5) is 0 Å². The highest BCUT2D eigenvalue weighted by Gasteiger charge is 2.15. The van der Waals surface area contributed by atoms with Gasteiger partial charge in [0.05, 0.1) is 5.75 Å². The summed E-state index contributed by atoms with van der Waals surface area (Å²) in [6, 6.07) is 0.513. The highest BCUT2D eigenvalue weighted by molar-refractivity contribution is 7.89. The zero-order valence-corrected chi connectivity index (χ0v) is 10.3. The normalized spacial score (nSPS) is 22.1. The van der Waals surface area contributed by atoms with Crippen LogP contribution in [0.3, 0.4) is 0 Å². The number of hydrogen-bond acceptors (Lipinski definition) is 3. The first kappa shape index (κ1) is 12.9. The maximum atomic E-state index is 11.4. The quantitative estimate of drug-likeness (QED) is 0.686. The monoisotopic (exact) mass is 234 g/mol. The fourth-order valence-electron chi connectivity index (χ4n) is 1.80. The Morgan fingerprint density at radius 2 is 2.27 bits per heavy atom. The summed E-state index contributed by atoms with van der Waals surface area (Å²) in [6.07, 6.45) is 4.97. The van der Waals surface area contributed by atoms with Crippen LogP contribution in [-0.2, 0) is 10.0 Å². The van der Waals surface area contributed by atoms with Crippen molar-refractivity contribution in [3.63, 3.8) is 0 Å². The second-order valence-electron chi connectivity index (χ2n) is 4.15. The summed E-state index contributed by atoms with van der Waals surface area (Å²) in [5.74, 6) is 0.265. The summed E-state index contributed by atoms with van der Waals surface area (Å²) in [4.78, 5) is 0. The van der Waals surface area contributed by atoms with Gasteiger partial charge in [-0.25, -0.2) is 13.1 Å². The maximum Gasteiger partial charge on any atom is 0.211 e. The van der Waals surface area contributed by atoms with Crippen molar-refractivity contribution in [2.75, 3.05) is 18.8 Å². The van der Waals surface area contributed by atoms with E-state index in [1.54, 1.807) is 0 Å². The highest BCUT2D eigenvalue weighted by atomic mass is 32.2. The van der Waals surface area contributed by atoms with Gasteiger partial charge in [-0.3, -0.25) is 0 Å². The maximum absolute atomic E-state index is 11.4. The molecule has 1 saturated heterocycles. The van der Waals surface area contributed by atoms with Crippen LogP contribution >= 0.6 is 0 Å². The van der Waals surface area contributed by atoms with Gasteiger partial charge in [0.25, 0.3) is 0 Å². The molecule has 0 amide bonds. The summed E-state index contributed by atoms with van der Waals surface area (Å²) in [6.45, 7) is 3.65. The van der Waals surface area contributed by atoms with Gasteiger partial charge >= 0.3 is 0 Å². The van der Waals surface area contributed by atoms with E-state index >= 15 is 0 Å². The minimum atomic E-state index is -3.01. The van der Waals surface area contributed by atoms with Gasteiger partial charge in [-0.15, -0.1) is 0 Å². The van der Waals surface area contributed by atoms with E-state index in [9.17, 15) is 8.42 Å². The number of hydrogen-bond donors (Lipinski definition) is 2. The van der Waals surface area contributed by atoms with E-state index < -0.39 is 10.0 Å². The zero-order chi connectivity index (χ0) is 11.1. The van der Waals surface area contributed by atoms with Crippen molar-refractivity contribution in [2.24, 2.45) is 0 Å². The van der Waals surface area contributed by atoms with Crippen LogP contribution in [0, 0.1) is 0 Å². The first-order valence-corrected chi connectivity index (χ1v) is 7.50. The lowest BCUT2D eigenvalue weighted by molar-refractivity contribution is 0.538. The lowest BCUT2D eigenvalue weighted by Crippen LogP contribution is -2.31. The SMILES string of the molecule is CCCCS(=O)(=O)NCC[C@H]1CCCN1. The molecular formula is C10H22N2O2S. The molecule has 0 unspecified atom stereocenters. The molecule has 1 heterocycles. The van der Waals surface area contributed by atoms with Crippen LogP contribution < -0.4 is 10.0 Å². The second kappa shape index (κ2) is 6.45. The minimum absolute atomic E-state index is 0.265. The molecule has 0 radical (unpaired) electrons. The molecule has 1 aliphatic heterocycles. The van der Waals surface area contributed by atoms with E-state index in [1.165, 1.54) is 12.8 Å². The molecule has 0 bridgehead atoms. The lowest BCUT2D eigenvalue weighted by atomic mass is 10.2. The van der Waals surface area contributed by atoms with Crippen molar-refractivity contribution in [3.05, 3.63) is 0 Å². The zero-order valence-electron chi connectivity index (χ0n) is 9.46. The summed E-state index contributed by atoms with van der Waals surface area (Å²) in [7, 11) is -3.01. The highest BCUT2D eigenvalue weighted by Crippen LogP contribution is 2.07. The number of nitrogens with one attached hydrogen (secondary N) is 2. The first-order chi connectivity index (χ1) is 7.14. The second-order valence-corrected chi connectivity index (χ2v) is 6.08. The summed E-state index contributed by atoms with van der Waals surface area (Å²) >= 11 is 0. The van der Waals surface area contributed by atoms with Gasteiger partial charge in [-0.1, -0.05) is 13.3 Å². The van der Waals surface area contributed by atoms with Crippen molar-refractivity contribution < 1.29 is 8.42 Å². The van der Waals surface area contributed by atoms with Gasteiger partial charge < -0.3 is 5.32 Å². The number of sulfonamides is 1. The van der Waals surface area contributed by atoms with Crippen LogP contribution in [0.5, 0.6) is 0 Å². The van der Waals surface area contributed by atoms with Crippen LogP contribution in [0.15, 0.2) is 0 Å². The van der Waals surface area contributed by atoms with Crippen molar-refractivity contribution >= 4 is 10.0 Å². The molecule has 0 aromatic rings. The Hall–Kier alpha value is -0.130. The van der Waals surface area contributed by atoms with Crippen LogP contribution in [0.1, 0.15) is 39.0 Å². The molecule has 4 nitrogen and oxygen atoms in total. The van der Waals surface area contributed by atoms with E-state index in [1.807, 2.05) is 6.92 Å². The molecule has 1 fully saturated rings. The van der Waals surface area contributed by atoms with Gasteiger partial charge in [0, 0.05) is 12.6 Å². The van der Waals surface area contributed by atoms with Gasteiger partial charge in [-0.05, 0) is 32.2 Å². The molecule has 0 spiro atoms. The third kappa shape index (κ3) is 5.49. The smallest absolute Gasteiger partial charge is 0.211 e. The number of unbranched alkanes of at least 4 members (excludes halogenated alkanes) is 1. The van der Waals surface area contributed by atoms with Crippen LogP contribution in [0.25, 0.3) is 0 Å². The predicted octanol–water partition coefficient (Wildman–Crippen LogP) is 0.848. The average molecular weight is 234 g/mol. The van der Waals surface area contributed by atoms with E-state index in [2.05, 4.69) is 10.0 Å². The van der Waals surface area contributed by atoms with E-state index in [-0.39, 0.29) is 5.75 Å². The van der Waals surface area contributed by atoms with Gasteiger partial charge in [0.1, 0.15) is 0 Å². The Labute approximate surface area is 92.9 Å². The molecule has 1 atom stereocenters. The fourth-order valence-corrected chi connectivity index (χ4v) is 3.04. The standard InChI is InChI=1S/C10H22N2O2S/c1-2-3-9-15(13,14)12-8-6-10-5-4-7-11-10/h10-12H,2-9H2,1H3/t10-/m1/s1. The predicted molar refractivity (Wildman–Crippen MR) is 62.3 cm³/mol. The molecule has 0 aromatic carbocycles. The Balaban J connectivity index is 2.12. The number of rotatable bonds is 7. The minimum Gasteiger partial charge on any atom is -0.314 e. The van der Waals surface area contributed by atoms with Gasteiger partial charge in [-0.2, -0.15) is 0 Å². The third-order valence-corrected chi connectivity index (χ3v) is 4.21. The Bertz CT molecular complexity index is 259. The van der Waals surface area contributed by atoms with Crippen LogP contribution in [-0.4, -0.2) is 33.3 Å². The lowest BCUT2D eigenvalue weighted by Gasteiger charge is -2.10. The Morgan fingerprint density at radius 3 is 2.87 bits per heavy atom. The molecule has 0 aliphatic carbocycles. The molecule has 1 aliphatic rings. The molecule has 1 rings (SSSR count). The van der Waals surface area contributed by atoms with E-state index in [0.717, 1.165) is 25.8 Å². The molecule has 15 heavy (non-hydrogen) atoms. The van der Waals surface area contributed by atoms with Crippen molar-refractivity contribution in [1.82, 2.24) is 10.0 Å². The average Bonchev–Trinajstić information content (AvgIpc) is 2.67. The molecular weight excluding hydrogens is 212 g/mol. The Morgan fingerprint density at radius 1 is 1.47 bits per heavy atom. The molecule has 0 aromatic heterocycles. The van der Waals surface area contributed by atoms with Gasteiger partial charge in [0.2, 0.25) is 10.0 Å². The molecule has 2 N–H and O–H groups in total. The summed E-state index contributed by atoms with van der Waals surface area (Å²) in [5, 5.41) is 3.35. The summed E-state index contributed by atoms with van der Waals surface area (Å²) in [5.41, 5.74) is 0. The van der Waals surface area contributed by atoms with Crippen LogP contribution in [0.2, 0.25) is 0 Å².